The molecule has 202 valence electrons. The molecule has 5 rings (SSSR count). The summed E-state index contributed by atoms with van der Waals surface area (Å²) in [5.74, 6) is 2.48. The second-order valence-electron chi connectivity index (χ2n) is 11.4. The SMILES string of the molecule is C=C(Nc1cc2cc(-c3cncc(NC(C)(C)C)n3)ccc2cn1)c1ccnc(N2CCN(C(C)C)CC2)c1. The minimum absolute atomic E-state index is 0.0936. The molecule has 8 heteroatoms. The summed E-state index contributed by atoms with van der Waals surface area (Å²) in [5.41, 5.74) is 3.51. The van der Waals surface area contributed by atoms with Gasteiger partial charge in [-0.2, -0.15) is 0 Å². The lowest BCUT2D eigenvalue weighted by molar-refractivity contribution is 0.209. The van der Waals surface area contributed by atoms with Gasteiger partial charge >= 0.3 is 0 Å². The van der Waals surface area contributed by atoms with Crippen molar-refractivity contribution >= 4 is 33.9 Å². The van der Waals surface area contributed by atoms with Crippen LogP contribution in [0.2, 0.25) is 0 Å². The molecule has 2 N–H and O–H groups in total. The van der Waals surface area contributed by atoms with Crippen molar-refractivity contribution in [3.8, 4) is 11.3 Å². The zero-order valence-electron chi connectivity index (χ0n) is 23.6. The molecule has 1 saturated heterocycles. The molecule has 0 radical (unpaired) electrons. The largest absolute Gasteiger partial charge is 0.364 e. The molecule has 4 heterocycles. The van der Waals surface area contributed by atoms with Crippen molar-refractivity contribution in [3.05, 3.63) is 73.3 Å². The molecular weight excluding hydrogens is 484 g/mol. The Bertz CT molecular complexity index is 1470. The Morgan fingerprint density at radius 1 is 0.897 bits per heavy atom. The van der Waals surface area contributed by atoms with Gasteiger partial charge in [0.15, 0.2) is 0 Å². The molecule has 4 aromatic rings. The van der Waals surface area contributed by atoms with Crippen LogP contribution in [-0.4, -0.2) is 62.6 Å². The maximum atomic E-state index is 4.77. The Labute approximate surface area is 231 Å². The number of nitrogens with zero attached hydrogens (tertiary/aromatic N) is 6. The first kappa shape index (κ1) is 26.6. The van der Waals surface area contributed by atoms with E-state index in [1.807, 2.05) is 24.5 Å². The van der Waals surface area contributed by atoms with E-state index in [-0.39, 0.29) is 5.54 Å². The smallest absolute Gasteiger partial charge is 0.145 e. The van der Waals surface area contributed by atoms with Gasteiger partial charge < -0.3 is 15.5 Å². The average molecular weight is 523 g/mol. The topological polar surface area (TPSA) is 82.1 Å². The van der Waals surface area contributed by atoms with Gasteiger partial charge in [-0.25, -0.2) is 15.0 Å². The number of aromatic nitrogens is 4. The highest BCUT2D eigenvalue weighted by Crippen LogP contribution is 2.27. The zero-order valence-corrected chi connectivity index (χ0v) is 23.6. The molecule has 0 saturated carbocycles. The Morgan fingerprint density at radius 2 is 1.69 bits per heavy atom. The third kappa shape index (κ3) is 6.52. The van der Waals surface area contributed by atoms with Crippen LogP contribution in [0.3, 0.4) is 0 Å². The van der Waals surface area contributed by atoms with Gasteiger partial charge in [0.2, 0.25) is 0 Å². The number of nitrogens with one attached hydrogen (secondary N) is 2. The summed E-state index contributed by atoms with van der Waals surface area (Å²) in [5, 5.41) is 8.91. The van der Waals surface area contributed by atoms with Crippen LogP contribution in [0.1, 0.15) is 40.2 Å². The molecule has 1 fully saturated rings. The molecule has 0 amide bonds. The fourth-order valence-corrected chi connectivity index (χ4v) is 4.79. The van der Waals surface area contributed by atoms with Gasteiger partial charge in [0, 0.05) is 72.4 Å². The van der Waals surface area contributed by atoms with Crippen LogP contribution in [-0.2, 0) is 0 Å². The highest BCUT2D eigenvalue weighted by atomic mass is 15.3. The number of benzene rings is 1. The van der Waals surface area contributed by atoms with Gasteiger partial charge in [-0.3, -0.25) is 9.88 Å². The van der Waals surface area contributed by atoms with Crippen molar-refractivity contribution in [3.63, 3.8) is 0 Å². The summed E-state index contributed by atoms with van der Waals surface area (Å²) in [6, 6.07) is 13.0. The monoisotopic (exact) mass is 522 g/mol. The number of rotatable bonds is 7. The first-order chi connectivity index (χ1) is 18.6. The molecule has 0 spiro atoms. The van der Waals surface area contributed by atoms with E-state index in [0.717, 1.165) is 76.9 Å². The number of fused-ring (bicyclic) bond motifs is 1. The first-order valence-electron chi connectivity index (χ1n) is 13.6. The normalized spacial score (nSPS) is 14.6. The standard InChI is InChI=1S/C31H38N8/c1-21(2)38-11-13-39(14-12-38)30-17-23(9-10-33-30)22(3)35-28-16-26-15-24(7-8-25(26)18-34-28)27-19-32-20-29(36-27)37-31(4,5)6/h7-10,15-21H,3,11-14H2,1-2,4-6H3,(H,34,35)(H,36,37). The van der Waals surface area contributed by atoms with Crippen molar-refractivity contribution in [2.45, 2.75) is 46.2 Å². The molecule has 0 aliphatic carbocycles. The molecule has 39 heavy (non-hydrogen) atoms. The van der Waals surface area contributed by atoms with Crippen LogP contribution >= 0.6 is 0 Å². The number of hydrogen-bond donors (Lipinski definition) is 2. The van der Waals surface area contributed by atoms with Crippen molar-refractivity contribution < 1.29 is 0 Å². The quantitative estimate of drug-likeness (QED) is 0.310. The summed E-state index contributed by atoms with van der Waals surface area (Å²) in [4.78, 5) is 23.3. The van der Waals surface area contributed by atoms with Crippen molar-refractivity contribution in [1.29, 1.82) is 0 Å². The van der Waals surface area contributed by atoms with Gasteiger partial charge in [0.1, 0.15) is 17.5 Å². The van der Waals surface area contributed by atoms with Crippen LogP contribution < -0.4 is 15.5 Å². The molecule has 1 aliphatic rings. The third-order valence-corrected chi connectivity index (χ3v) is 6.90. The average Bonchev–Trinajstić information content (AvgIpc) is 2.92. The van der Waals surface area contributed by atoms with Crippen molar-refractivity contribution in [1.82, 2.24) is 24.8 Å². The molecule has 1 aromatic carbocycles. The van der Waals surface area contributed by atoms with Gasteiger partial charge in [0.25, 0.3) is 0 Å². The molecule has 0 unspecified atom stereocenters. The highest BCUT2D eigenvalue weighted by Gasteiger charge is 2.20. The van der Waals surface area contributed by atoms with E-state index in [0.29, 0.717) is 6.04 Å². The van der Waals surface area contributed by atoms with Crippen LogP contribution in [0.15, 0.2) is 67.8 Å². The lowest BCUT2D eigenvalue weighted by Gasteiger charge is -2.37. The predicted molar refractivity (Wildman–Crippen MR) is 162 cm³/mol. The zero-order chi connectivity index (χ0) is 27.6. The van der Waals surface area contributed by atoms with E-state index in [4.69, 9.17) is 4.98 Å². The van der Waals surface area contributed by atoms with Crippen molar-refractivity contribution in [2.75, 3.05) is 41.7 Å². The minimum atomic E-state index is -0.0936. The van der Waals surface area contributed by atoms with E-state index in [9.17, 15) is 0 Å². The number of hydrogen-bond acceptors (Lipinski definition) is 8. The second-order valence-corrected chi connectivity index (χ2v) is 11.4. The molecule has 3 aromatic heterocycles. The summed E-state index contributed by atoms with van der Waals surface area (Å²) < 4.78 is 0. The summed E-state index contributed by atoms with van der Waals surface area (Å²) in [7, 11) is 0. The lowest BCUT2D eigenvalue weighted by atomic mass is 10.1. The van der Waals surface area contributed by atoms with Crippen LogP contribution in [0.5, 0.6) is 0 Å². The van der Waals surface area contributed by atoms with E-state index in [1.165, 1.54) is 0 Å². The Morgan fingerprint density at radius 3 is 2.44 bits per heavy atom. The van der Waals surface area contributed by atoms with Crippen molar-refractivity contribution in [2.24, 2.45) is 0 Å². The van der Waals surface area contributed by atoms with E-state index >= 15 is 0 Å². The predicted octanol–water partition coefficient (Wildman–Crippen LogP) is 5.91. The van der Waals surface area contributed by atoms with Crippen LogP contribution in [0.4, 0.5) is 17.5 Å². The number of piperazine rings is 1. The first-order valence-corrected chi connectivity index (χ1v) is 13.6. The van der Waals surface area contributed by atoms with Crippen LogP contribution in [0.25, 0.3) is 27.7 Å². The van der Waals surface area contributed by atoms with Gasteiger partial charge in [0.05, 0.1) is 18.1 Å². The Balaban J connectivity index is 1.32. The molecule has 1 aliphatic heterocycles. The van der Waals surface area contributed by atoms with Crippen LogP contribution in [0, 0.1) is 0 Å². The number of pyridine rings is 2. The minimum Gasteiger partial charge on any atom is -0.364 e. The summed E-state index contributed by atoms with van der Waals surface area (Å²) in [6.07, 6.45) is 7.28. The third-order valence-electron chi connectivity index (χ3n) is 6.90. The van der Waals surface area contributed by atoms with Gasteiger partial charge in [-0.05, 0) is 64.3 Å². The fourth-order valence-electron chi connectivity index (χ4n) is 4.79. The summed E-state index contributed by atoms with van der Waals surface area (Å²) >= 11 is 0. The van der Waals surface area contributed by atoms with E-state index in [1.54, 1.807) is 12.4 Å². The number of anilines is 3. The molecule has 0 atom stereocenters. The molecule has 0 bridgehead atoms. The molecular formula is C31H38N8. The van der Waals surface area contributed by atoms with Gasteiger partial charge in [-0.1, -0.05) is 18.7 Å². The molecule has 8 nitrogen and oxygen atoms in total. The highest BCUT2D eigenvalue weighted by molar-refractivity contribution is 5.89. The maximum absolute atomic E-state index is 4.77. The maximum Gasteiger partial charge on any atom is 0.145 e. The Hall–Kier alpha value is -4.04. The fraction of sp³-hybridized carbons (Fsp3) is 0.355. The van der Waals surface area contributed by atoms with E-state index in [2.05, 4.69) is 101 Å². The summed E-state index contributed by atoms with van der Waals surface area (Å²) in [6.45, 7) is 19.2. The second kappa shape index (κ2) is 11.0. The lowest BCUT2D eigenvalue weighted by Crippen LogP contribution is -2.49. The Kier molecular flexibility index (Phi) is 7.48. The van der Waals surface area contributed by atoms with Gasteiger partial charge in [-0.15, -0.1) is 0 Å². The van der Waals surface area contributed by atoms with E-state index < -0.39 is 0 Å².